The van der Waals surface area contributed by atoms with Crippen molar-refractivity contribution in [2.75, 3.05) is 31.1 Å². The topological polar surface area (TPSA) is 120 Å². The van der Waals surface area contributed by atoms with E-state index in [1.54, 1.807) is 34.2 Å². The molecule has 0 bridgehead atoms. The van der Waals surface area contributed by atoms with Gasteiger partial charge in [-0.1, -0.05) is 91.0 Å². The van der Waals surface area contributed by atoms with E-state index in [-0.39, 0.29) is 24.2 Å². The molecule has 4 N–H and O–H groups in total. The largest absolute Gasteiger partial charge is 0.508 e. The number of amides is 3. The molecule has 0 unspecified atom stereocenters. The second-order valence-corrected chi connectivity index (χ2v) is 12.4. The van der Waals surface area contributed by atoms with Gasteiger partial charge in [-0.25, -0.2) is 9.80 Å². The van der Waals surface area contributed by atoms with Gasteiger partial charge in [0.2, 0.25) is 0 Å². The lowest BCUT2D eigenvalue weighted by Crippen LogP contribution is -2.40. The van der Waals surface area contributed by atoms with Crippen molar-refractivity contribution in [1.82, 2.24) is 10.3 Å². The maximum atomic E-state index is 14.4. The maximum Gasteiger partial charge on any atom is 0.345 e. The lowest BCUT2D eigenvalue weighted by Gasteiger charge is -2.27. The van der Waals surface area contributed by atoms with Crippen LogP contribution in [0.4, 0.5) is 10.5 Å². The van der Waals surface area contributed by atoms with Gasteiger partial charge >= 0.3 is 6.03 Å². The molecule has 0 spiro atoms. The normalized spacial score (nSPS) is 12.6. The van der Waals surface area contributed by atoms with Gasteiger partial charge in [-0.2, -0.15) is 5.10 Å². The number of rotatable bonds is 15. The highest BCUT2D eigenvalue weighted by molar-refractivity contribution is 6.12. The number of urea groups is 1. The summed E-state index contributed by atoms with van der Waals surface area (Å²) in [6.07, 6.45) is 2.65. The van der Waals surface area contributed by atoms with Crippen molar-refractivity contribution in [1.29, 1.82) is 0 Å². The van der Waals surface area contributed by atoms with Crippen molar-refractivity contribution < 1.29 is 19.4 Å². The second-order valence-electron chi connectivity index (χ2n) is 12.4. The minimum atomic E-state index is -0.270. The molecule has 0 radical (unpaired) electrons. The number of hydrazone groups is 1. The van der Waals surface area contributed by atoms with Crippen molar-refractivity contribution in [3.05, 3.63) is 150 Å². The van der Waals surface area contributed by atoms with Gasteiger partial charge in [-0.3, -0.25) is 9.69 Å². The number of unbranched alkanes of at least 4 members (excludes halogenated alkanes) is 1. The molecule has 0 aromatic heterocycles. The monoisotopic (exact) mass is 681 g/mol. The van der Waals surface area contributed by atoms with E-state index in [1.165, 1.54) is 0 Å². The number of para-hydroxylation sites is 1. The summed E-state index contributed by atoms with van der Waals surface area (Å²) < 4.78 is 5.76. The minimum Gasteiger partial charge on any atom is -0.508 e. The van der Waals surface area contributed by atoms with Crippen LogP contribution in [-0.2, 0) is 13.0 Å². The third-order valence-corrected chi connectivity index (χ3v) is 8.77. The number of nitrogens with zero attached hydrogens (tertiary/aromatic N) is 3. The van der Waals surface area contributed by atoms with E-state index in [1.807, 2.05) is 78.9 Å². The summed E-state index contributed by atoms with van der Waals surface area (Å²) in [5.41, 5.74) is 12.6. The smallest absolute Gasteiger partial charge is 0.345 e. The number of fused-ring (bicyclic) bond motifs is 1. The van der Waals surface area contributed by atoms with E-state index < -0.39 is 0 Å². The van der Waals surface area contributed by atoms with Crippen LogP contribution in [0.2, 0.25) is 0 Å². The summed E-state index contributed by atoms with van der Waals surface area (Å²) in [6, 6.07) is 40.1. The molecule has 5 aromatic carbocycles. The summed E-state index contributed by atoms with van der Waals surface area (Å²) in [4.78, 5) is 29.6. The Kier molecular flexibility index (Phi) is 11.7. The highest BCUT2D eigenvalue weighted by atomic mass is 16.5. The fourth-order valence-electron chi connectivity index (χ4n) is 6.01. The van der Waals surface area contributed by atoms with Crippen LogP contribution in [0.3, 0.4) is 0 Å². The molecule has 1 aliphatic heterocycles. The molecule has 0 fully saturated rings. The maximum absolute atomic E-state index is 14.4. The number of nitrogens with two attached hydrogens (primary N) is 1. The van der Waals surface area contributed by atoms with Crippen LogP contribution in [0.5, 0.6) is 11.5 Å². The molecule has 1 heterocycles. The van der Waals surface area contributed by atoms with Crippen LogP contribution in [0.15, 0.2) is 132 Å². The zero-order valence-corrected chi connectivity index (χ0v) is 28.6. The fraction of sp³-hybridized carbons (Fsp3) is 0.214. The molecular weight excluding hydrogens is 638 g/mol. The number of benzene rings is 5. The number of hydrogen-bond donors (Lipinski definition) is 3. The molecule has 260 valence electrons. The first-order valence-electron chi connectivity index (χ1n) is 17.4. The average Bonchev–Trinajstić information content (AvgIpc) is 3.27. The molecule has 9 nitrogen and oxygen atoms in total. The SMILES string of the molecule is NCCCCN1N=C(CCc2ccc(O)cc2)c2ccc(C(=O)NCCOc3ccccc3)cc2N(Cc2ccc(-c3ccccc3)cc2)C1=O. The first-order valence-corrected chi connectivity index (χ1v) is 17.4. The van der Waals surface area contributed by atoms with E-state index in [4.69, 9.17) is 15.6 Å². The van der Waals surface area contributed by atoms with Gasteiger partial charge in [0.25, 0.3) is 5.91 Å². The summed E-state index contributed by atoms with van der Waals surface area (Å²) in [5.74, 6) is 0.677. The lowest BCUT2D eigenvalue weighted by molar-refractivity contribution is 0.0947. The first-order chi connectivity index (χ1) is 25.0. The van der Waals surface area contributed by atoms with Crippen molar-refractivity contribution in [3.63, 3.8) is 0 Å². The highest BCUT2D eigenvalue weighted by Gasteiger charge is 2.30. The second kappa shape index (κ2) is 17.1. The Balaban J connectivity index is 1.31. The Morgan fingerprint density at radius 1 is 0.784 bits per heavy atom. The number of phenols is 1. The number of aromatic hydroxyl groups is 1. The third kappa shape index (κ3) is 9.20. The number of carbonyl (C=O) groups is 2. The Morgan fingerprint density at radius 2 is 1.47 bits per heavy atom. The van der Waals surface area contributed by atoms with Crippen molar-refractivity contribution in [2.45, 2.75) is 32.2 Å². The molecule has 6 rings (SSSR count). The summed E-state index contributed by atoms with van der Waals surface area (Å²) in [5, 5.41) is 19.3. The zero-order valence-electron chi connectivity index (χ0n) is 28.6. The zero-order chi connectivity index (χ0) is 35.4. The van der Waals surface area contributed by atoms with Gasteiger partial charge in [0.05, 0.1) is 24.5 Å². The number of aryl methyl sites for hydroxylation is 1. The van der Waals surface area contributed by atoms with Gasteiger partial charge in [0.15, 0.2) is 0 Å². The van der Waals surface area contributed by atoms with Crippen LogP contribution in [0.1, 0.15) is 46.3 Å². The molecule has 5 aromatic rings. The van der Waals surface area contributed by atoms with Crippen molar-refractivity contribution in [2.24, 2.45) is 10.8 Å². The highest BCUT2D eigenvalue weighted by Crippen LogP contribution is 2.32. The predicted octanol–water partition coefficient (Wildman–Crippen LogP) is 7.39. The Morgan fingerprint density at radius 3 is 2.20 bits per heavy atom. The van der Waals surface area contributed by atoms with E-state index >= 15 is 0 Å². The van der Waals surface area contributed by atoms with Crippen molar-refractivity contribution in [3.8, 4) is 22.6 Å². The average molecular weight is 682 g/mol. The molecule has 9 heteroatoms. The third-order valence-electron chi connectivity index (χ3n) is 8.77. The first kappa shape index (κ1) is 34.9. The number of ether oxygens (including phenoxy) is 1. The fourth-order valence-corrected chi connectivity index (χ4v) is 6.01. The standard InChI is InChI=1S/C42H43N5O4/c43-25-7-8-27-47-42(50)46(30-32-13-18-34(19-14-32)33-9-3-1-4-10-33)40-29-35(41(49)44-26-28-51-37-11-5-2-6-12-37)20-23-38(40)39(45-47)24-17-31-15-21-36(48)22-16-31/h1-6,9-16,18-23,29,48H,7-8,17,24-28,30,43H2,(H,44,49). The molecular formula is C42H43N5O4. The van der Waals surface area contributed by atoms with E-state index in [9.17, 15) is 14.7 Å². The van der Waals surface area contributed by atoms with Gasteiger partial charge in [-0.05, 0) is 90.9 Å². The number of carbonyl (C=O) groups excluding carboxylic acids is 2. The Bertz CT molecular complexity index is 1930. The predicted molar refractivity (Wildman–Crippen MR) is 202 cm³/mol. The molecule has 1 aliphatic rings. The number of phenolic OH excluding ortho intramolecular Hbond substituents is 1. The van der Waals surface area contributed by atoms with Crippen molar-refractivity contribution >= 4 is 23.3 Å². The van der Waals surface area contributed by atoms with Gasteiger partial charge < -0.3 is 20.9 Å². The van der Waals surface area contributed by atoms with Crippen LogP contribution < -0.4 is 20.7 Å². The van der Waals surface area contributed by atoms with Gasteiger partial charge in [-0.15, -0.1) is 0 Å². The summed E-state index contributed by atoms with van der Waals surface area (Å²) >= 11 is 0. The van der Waals surface area contributed by atoms with Crippen LogP contribution in [-0.4, -0.2) is 54.0 Å². The minimum absolute atomic E-state index is 0.206. The van der Waals surface area contributed by atoms with Crippen LogP contribution >= 0.6 is 0 Å². The quantitative estimate of drug-likeness (QED) is 0.0996. The summed E-state index contributed by atoms with van der Waals surface area (Å²) in [6.45, 7) is 1.84. The Labute approximate surface area is 299 Å². The Hall–Kier alpha value is -5.93. The van der Waals surface area contributed by atoms with Gasteiger partial charge in [0, 0.05) is 17.7 Å². The molecule has 0 saturated carbocycles. The lowest BCUT2D eigenvalue weighted by atomic mass is 9.98. The molecule has 0 saturated heterocycles. The summed E-state index contributed by atoms with van der Waals surface area (Å²) in [7, 11) is 0. The van der Waals surface area contributed by atoms with E-state index in [2.05, 4.69) is 29.6 Å². The number of anilines is 1. The van der Waals surface area contributed by atoms with Crippen LogP contribution in [0.25, 0.3) is 11.1 Å². The molecule has 51 heavy (non-hydrogen) atoms. The molecule has 0 atom stereocenters. The molecule has 0 aliphatic carbocycles. The molecule has 3 amide bonds. The van der Waals surface area contributed by atoms with Crippen LogP contribution in [0, 0.1) is 0 Å². The van der Waals surface area contributed by atoms with E-state index in [0.717, 1.165) is 45.7 Å². The van der Waals surface area contributed by atoms with Gasteiger partial charge in [0.1, 0.15) is 18.1 Å². The number of hydrogen-bond acceptors (Lipinski definition) is 6. The number of nitrogens with one attached hydrogen (secondary N) is 1. The van der Waals surface area contributed by atoms with E-state index in [0.29, 0.717) is 56.8 Å².